The number of thiophene rings is 1. The summed E-state index contributed by atoms with van der Waals surface area (Å²) >= 11 is 1.43. The molecule has 20 heavy (non-hydrogen) atoms. The molecule has 2 rings (SSSR count). The minimum atomic E-state index is -0.987. The molecule has 6 heteroatoms. The molecule has 2 unspecified atom stereocenters. The van der Waals surface area contributed by atoms with E-state index in [1.54, 1.807) is 13.8 Å². The third-order valence-electron chi connectivity index (χ3n) is 3.35. The lowest BCUT2D eigenvalue weighted by Crippen LogP contribution is -2.34. The first-order chi connectivity index (χ1) is 9.47. The normalized spacial score (nSPS) is 22.4. The molecular weight excluding hydrogens is 278 g/mol. The average molecular weight is 293 g/mol. The Hall–Kier alpha value is -1.95. The van der Waals surface area contributed by atoms with Crippen molar-refractivity contribution in [2.75, 3.05) is 7.11 Å². The number of aliphatic carboxylic acids is 1. The van der Waals surface area contributed by atoms with Gasteiger partial charge in [0.2, 0.25) is 0 Å². The van der Waals surface area contributed by atoms with Crippen molar-refractivity contribution in [3.05, 3.63) is 33.7 Å². The van der Waals surface area contributed by atoms with Gasteiger partial charge in [-0.3, -0.25) is 9.79 Å². The van der Waals surface area contributed by atoms with E-state index >= 15 is 0 Å². The summed E-state index contributed by atoms with van der Waals surface area (Å²) in [6.45, 7) is 3.38. The number of hydrogen-bond donors (Lipinski definition) is 1. The van der Waals surface area contributed by atoms with Crippen LogP contribution in [0.4, 0.5) is 0 Å². The number of carboxylic acid groups (broad SMARTS) is 1. The van der Waals surface area contributed by atoms with E-state index in [0.717, 1.165) is 4.88 Å². The van der Waals surface area contributed by atoms with Crippen LogP contribution >= 0.6 is 11.3 Å². The molecule has 106 valence electrons. The summed E-state index contributed by atoms with van der Waals surface area (Å²) in [5, 5.41) is 11.3. The van der Waals surface area contributed by atoms with Gasteiger partial charge in [0.15, 0.2) is 0 Å². The Morgan fingerprint density at radius 1 is 1.40 bits per heavy atom. The van der Waals surface area contributed by atoms with Crippen LogP contribution in [-0.4, -0.2) is 29.9 Å². The standard InChI is InChI=1S/C14H15NO4S/c1-7-10(13(16)17)12(9-5-4-6-20-9)11(8(2)15-7)14(18)19-3/h4-6,10,12H,1-3H3,(H,16,17). The predicted octanol–water partition coefficient (Wildman–Crippen LogP) is 2.45. The number of nitrogens with zero attached hydrogens (tertiary/aromatic N) is 1. The van der Waals surface area contributed by atoms with Crippen LogP contribution in [0.5, 0.6) is 0 Å². The van der Waals surface area contributed by atoms with Gasteiger partial charge in [0.05, 0.1) is 12.7 Å². The monoisotopic (exact) mass is 293 g/mol. The number of allylic oxidation sites excluding steroid dienone is 1. The molecule has 2 atom stereocenters. The third-order valence-corrected chi connectivity index (χ3v) is 4.30. The lowest BCUT2D eigenvalue weighted by Gasteiger charge is -2.29. The predicted molar refractivity (Wildman–Crippen MR) is 76.0 cm³/mol. The number of esters is 1. The van der Waals surface area contributed by atoms with Crippen LogP contribution in [0.15, 0.2) is 33.8 Å². The van der Waals surface area contributed by atoms with E-state index in [1.807, 2.05) is 17.5 Å². The SMILES string of the molecule is COC(=O)C1=C(C)N=C(C)C(C(=O)O)C1c1cccs1. The van der Waals surface area contributed by atoms with E-state index in [4.69, 9.17) is 4.74 Å². The molecule has 1 aromatic heterocycles. The van der Waals surface area contributed by atoms with E-state index in [0.29, 0.717) is 17.0 Å². The fraction of sp³-hybridized carbons (Fsp3) is 0.357. The molecular formula is C14H15NO4S. The summed E-state index contributed by atoms with van der Waals surface area (Å²) in [6, 6.07) is 3.67. The highest BCUT2D eigenvalue weighted by Crippen LogP contribution is 2.41. The summed E-state index contributed by atoms with van der Waals surface area (Å²) in [5.41, 5.74) is 1.35. The van der Waals surface area contributed by atoms with Crippen molar-refractivity contribution in [1.29, 1.82) is 0 Å². The fourth-order valence-electron chi connectivity index (χ4n) is 2.51. The zero-order valence-electron chi connectivity index (χ0n) is 11.4. The van der Waals surface area contributed by atoms with E-state index in [2.05, 4.69) is 4.99 Å². The molecule has 5 nitrogen and oxygen atoms in total. The Labute approximate surface area is 120 Å². The summed E-state index contributed by atoms with van der Waals surface area (Å²) in [7, 11) is 1.29. The molecule has 0 aromatic carbocycles. The van der Waals surface area contributed by atoms with Crippen molar-refractivity contribution in [2.45, 2.75) is 19.8 Å². The Morgan fingerprint density at radius 2 is 2.10 bits per heavy atom. The Bertz CT molecular complexity index is 601. The highest BCUT2D eigenvalue weighted by molar-refractivity contribution is 7.10. The molecule has 1 N–H and O–H groups in total. The first kappa shape index (κ1) is 14.5. The number of hydrogen-bond acceptors (Lipinski definition) is 5. The van der Waals surface area contributed by atoms with Crippen LogP contribution in [-0.2, 0) is 14.3 Å². The summed E-state index contributed by atoms with van der Waals surface area (Å²) in [4.78, 5) is 28.6. The first-order valence-electron chi connectivity index (χ1n) is 6.07. The van der Waals surface area contributed by atoms with E-state index in [-0.39, 0.29) is 0 Å². The topological polar surface area (TPSA) is 76.0 Å². The van der Waals surface area contributed by atoms with Gasteiger partial charge in [-0.25, -0.2) is 4.79 Å². The van der Waals surface area contributed by atoms with Crippen LogP contribution in [0.3, 0.4) is 0 Å². The number of carboxylic acids is 1. The maximum atomic E-state index is 12.0. The molecule has 0 spiro atoms. The lowest BCUT2D eigenvalue weighted by atomic mass is 9.79. The van der Waals surface area contributed by atoms with Crippen molar-refractivity contribution in [1.82, 2.24) is 0 Å². The zero-order chi connectivity index (χ0) is 14.9. The summed E-state index contributed by atoms with van der Waals surface area (Å²) in [6.07, 6.45) is 0. The largest absolute Gasteiger partial charge is 0.481 e. The Kier molecular flexibility index (Phi) is 4.04. The summed E-state index contributed by atoms with van der Waals surface area (Å²) in [5.74, 6) is -2.90. The number of methoxy groups -OCH3 is 1. The van der Waals surface area contributed by atoms with Crippen molar-refractivity contribution in [3.8, 4) is 0 Å². The lowest BCUT2D eigenvalue weighted by molar-refractivity contribution is -0.140. The van der Waals surface area contributed by atoms with E-state index in [1.165, 1.54) is 18.4 Å². The minimum absolute atomic E-state index is 0.327. The van der Waals surface area contributed by atoms with Gasteiger partial charge in [0.25, 0.3) is 0 Å². The molecule has 1 aliphatic rings. The average Bonchev–Trinajstić information content (AvgIpc) is 2.90. The molecule has 0 amide bonds. The number of ether oxygens (including phenoxy) is 1. The van der Waals surface area contributed by atoms with Crippen LogP contribution in [0, 0.1) is 5.92 Å². The van der Waals surface area contributed by atoms with Crippen molar-refractivity contribution in [3.63, 3.8) is 0 Å². The Morgan fingerprint density at radius 3 is 2.60 bits per heavy atom. The third kappa shape index (κ3) is 2.38. The minimum Gasteiger partial charge on any atom is -0.481 e. The first-order valence-corrected chi connectivity index (χ1v) is 6.95. The van der Waals surface area contributed by atoms with E-state index in [9.17, 15) is 14.7 Å². The Balaban J connectivity index is 2.62. The molecule has 2 heterocycles. The van der Waals surface area contributed by atoms with E-state index < -0.39 is 23.8 Å². The molecule has 0 fully saturated rings. The quantitative estimate of drug-likeness (QED) is 0.868. The highest BCUT2D eigenvalue weighted by atomic mass is 32.1. The second-order valence-corrected chi connectivity index (χ2v) is 5.53. The molecule has 0 aliphatic carbocycles. The maximum Gasteiger partial charge on any atom is 0.336 e. The number of carbonyl (C=O) groups is 2. The molecule has 1 aliphatic heterocycles. The van der Waals surface area contributed by atoms with Crippen LogP contribution in [0.2, 0.25) is 0 Å². The van der Waals surface area contributed by atoms with Crippen LogP contribution in [0.1, 0.15) is 24.6 Å². The second-order valence-electron chi connectivity index (χ2n) is 4.55. The molecule has 0 bridgehead atoms. The number of aliphatic imine (C=N–C) groups is 1. The van der Waals surface area contributed by atoms with Gasteiger partial charge in [-0.05, 0) is 25.3 Å². The fourth-order valence-corrected chi connectivity index (χ4v) is 3.38. The maximum absolute atomic E-state index is 12.0. The zero-order valence-corrected chi connectivity index (χ0v) is 12.2. The second kappa shape index (κ2) is 5.58. The number of carbonyl (C=O) groups excluding carboxylic acids is 1. The van der Waals surface area contributed by atoms with Crippen LogP contribution < -0.4 is 0 Å². The summed E-state index contributed by atoms with van der Waals surface area (Å²) < 4.78 is 4.80. The molecule has 0 radical (unpaired) electrons. The molecule has 0 saturated carbocycles. The van der Waals surface area contributed by atoms with Crippen LogP contribution in [0.25, 0.3) is 0 Å². The van der Waals surface area contributed by atoms with Crippen molar-refractivity contribution >= 4 is 29.0 Å². The van der Waals surface area contributed by atoms with Crippen molar-refractivity contribution < 1.29 is 19.4 Å². The number of rotatable bonds is 3. The van der Waals surface area contributed by atoms with Crippen molar-refractivity contribution in [2.24, 2.45) is 10.9 Å². The highest BCUT2D eigenvalue weighted by Gasteiger charge is 2.41. The van der Waals surface area contributed by atoms with Gasteiger partial charge >= 0.3 is 11.9 Å². The van der Waals surface area contributed by atoms with Gasteiger partial charge in [-0.2, -0.15) is 0 Å². The smallest absolute Gasteiger partial charge is 0.336 e. The van der Waals surface area contributed by atoms with Gasteiger partial charge in [0.1, 0.15) is 5.92 Å². The van der Waals surface area contributed by atoms with Gasteiger partial charge in [0, 0.05) is 22.2 Å². The molecule has 0 saturated heterocycles. The van der Waals surface area contributed by atoms with Gasteiger partial charge in [-0.15, -0.1) is 11.3 Å². The van der Waals surface area contributed by atoms with Gasteiger partial charge in [-0.1, -0.05) is 6.07 Å². The van der Waals surface area contributed by atoms with Gasteiger partial charge < -0.3 is 9.84 Å². The molecule has 1 aromatic rings.